The van der Waals surface area contributed by atoms with Crippen molar-refractivity contribution >= 4 is 40.5 Å². The standard InChI is InChI=1S/C18H17ClFN3O2/c19-12-3-8-16(15(20)9-12)23-17(24)10-21-13-4-6-14(7-5-13)22-18(25)11-1-2-11/h3-9,11,21H,1-2,10H2,(H,22,25)(H,23,24). The Hall–Kier alpha value is -2.60. The van der Waals surface area contributed by atoms with Crippen LogP contribution in [-0.2, 0) is 9.59 Å². The van der Waals surface area contributed by atoms with Gasteiger partial charge in [-0.2, -0.15) is 0 Å². The van der Waals surface area contributed by atoms with Gasteiger partial charge < -0.3 is 16.0 Å². The minimum atomic E-state index is -0.586. The molecular formula is C18H17ClFN3O2. The average Bonchev–Trinajstić information content (AvgIpc) is 3.42. The number of benzene rings is 2. The van der Waals surface area contributed by atoms with Gasteiger partial charge in [-0.15, -0.1) is 0 Å². The highest BCUT2D eigenvalue weighted by Gasteiger charge is 2.29. The van der Waals surface area contributed by atoms with Crippen LogP contribution in [0.1, 0.15) is 12.8 Å². The average molecular weight is 362 g/mol. The van der Waals surface area contributed by atoms with Crippen molar-refractivity contribution in [1.29, 1.82) is 0 Å². The molecule has 0 radical (unpaired) electrons. The van der Waals surface area contributed by atoms with Gasteiger partial charge >= 0.3 is 0 Å². The van der Waals surface area contributed by atoms with E-state index in [-0.39, 0.29) is 35.0 Å². The largest absolute Gasteiger partial charge is 0.376 e. The molecule has 5 nitrogen and oxygen atoms in total. The predicted octanol–water partition coefficient (Wildman–Crippen LogP) is 3.88. The highest BCUT2D eigenvalue weighted by Crippen LogP contribution is 2.30. The van der Waals surface area contributed by atoms with Gasteiger partial charge in [0.25, 0.3) is 0 Å². The summed E-state index contributed by atoms with van der Waals surface area (Å²) in [5.41, 5.74) is 1.51. The first-order valence-electron chi connectivity index (χ1n) is 7.91. The number of halogens is 2. The lowest BCUT2D eigenvalue weighted by atomic mass is 10.2. The van der Waals surface area contributed by atoms with Crippen LogP contribution in [-0.4, -0.2) is 18.4 Å². The lowest BCUT2D eigenvalue weighted by Gasteiger charge is -2.10. The van der Waals surface area contributed by atoms with Gasteiger partial charge in [-0.25, -0.2) is 4.39 Å². The molecule has 0 aromatic heterocycles. The zero-order chi connectivity index (χ0) is 17.8. The maximum atomic E-state index is 13.6. The lowest BCUT2D eigenvalue weighted by Crippen LogP contribution is -2.22. The predicted molar refractivity (Wildman–Crippen MR) is 96.3 cm³/mol. The summed E-state index contributed by atoms with van der Waals surface area (Å²) in [5.74, 6) is -0.774. The van der Waals surface area contributed by atoms with Crippen molar-refractivity contribution in [2.24, 2.45) is 5.92 Å². The van der Waals surface area contributed by atoms with Gasteiger partial charge in [0.15, 0.2) is 0 Å². The third-order valence-corrected chi connectivity index (χ3v) is 3.99. The lowest BCUT2D eigenvalue weighted by molar-refractivity contribution is -0.117. The van der Waals surface area contributed by atoms with Gasteiger partial charge in [-0.05, 0) is 55.3 Å². The molecule has 130 valence electrons. The maximum Gasteiger partial charge on any atom is 0.243 e. The molecule has 7 heteroatoms. The molecule has 1 aliphatic carbocycles. The summed E-state index contributed by atoms with van der Waals surface area (Å²) in [4.78, 5) is 23.6. The molecular weight excluding hydrogens is 345 g/mol. The Morgan fingerprint density at radius 2 is 1.72 bits per heavy atom. The smallest absolute Gasteiger partial charge is 0.243 e. The first-order chi connectivity index (χ1) is 12.0. The monoisotopic (exact) mass is 361 g/mol. The van der Waals surface area contributed by atoms with Gasteiger partial charge in [0.05, 0.1) is 12.2 Å². The fourth-order valence-electron chi connectivity index (χ4n) is 2.23. The second kappa shape index (κ2) is 7.53. The first kappa shape index (κ1) is 17.2. The first-order valence-corrected chi connectivity index (χ1v) is 8.29. The van der Waals surface area contributed by atoms with Gasteiger partial charge in [0.2, 0.25) is 11.8 Å². The summed E-state index contributed by atoms with van der Waals surface area (Å²) >= 11 is 5.67. The molecule has 2 amide bonds. The highest BCUT2D eigenvalue weighted by molar-refractivity contribution is 6.30. The molecule has 0 unspecified atom stereocenters. The summed E-state index contributed by atoms with van der Waals surface area (Å²) in [6.07, 6.45) is 1.91. The second-order valence-corrected chi connectivity index (χ2v) is 6.30. The van der Waals surface area contributed by atoms with E-state index in [1.54, 1.807) is 24.3 Å². The Kier molecular flexibility index (Phi) is 5.19. The molecule has 1 fully saturated rings. The van der Waals surface area contributed by atoms with Crippen molar-refractivity contribution in [2.45, 2.75) is 12.8 Å². The third kappa shape index (κ3) is 4.93. The minimum Gasteiger partial charge on any atom is -0.376 e. The Labute approximate surface area is 149 Å². The molecule has 25 heavy (non-hydrogen) atoms. The fourth-order valence-corrected chi connectivity index (χ4v) is 2.39. The molecule has 2 aromatic carbocycles. The molecule has 0 bridgehead atoms. The number of carbonyl (C=O) groups excluding carboxylic acids is 2. The van der Waals surface area contributed by atoms with Crippen LogP contribution in [0.25, 0.3) is 0 Å². The van der Waals surface area contributed by atoms with Crippen molar-refractivity contribution in [3.05, 3.63) is 53.3 Å². The van der Waals surface area contributed by atoms with Crippen LogP contribution in [0.4, 0.5) is 21.5 Å². The topological polar surface area (TPSA) is 70.2 Å². The third-order valence-electron chi connectivity index (χ3n) is 3.76. The normalized spacial score (nSPS) is 13.2. The second-order valence-electron chi connectivity index (χ2n) is 5.87. The van der Waals surface area contributed by atoms with E-state index < -0.39 is 5.82 Å². The Morgan fingerprint density at radius 1 is 1.04 bits per heavy atom. The molecule has 0 spiro atoms. The van der Waals surface area contributed by atoms with Crippen LogP contribution >= 0.6 is 11.6 Å². The number of hydrogen-bond acceptors (Lipinski definition) is 3. The summed E-state index contributed by atoms with van der Waals surface area (Å²) < 4.78 is 13.6. The van der Waals surface area contributed by atoms with E-state index in [0.717, 1.165) is 30.3 Å². The van der Waals surface area contributed by atoms with Crippen molar-refractivity contribution < 1.29 is 14.0 Å². The van der Waals surface area contributed by atoms with E-state index in [1.807, 2.05) is 0 Å². The molecule has 1 aliphatic rings. The Bertz CT molecular complexity index is 791. The molecule has 2 aromatic rings. The number of hydrogen-bond donors (Lipinski definition) is 3. The molecule has 0 saturated heterocycles. The van der Waals surface area contributed by atoms with E-state index in [4.69, 9.17) is 11.6 Å². The van der Waals surface area contributed by atoms with E-state index in [1.165, 1.54) is 12.1 Å². The van der Waals surface area contributed by atoms with Crippen LogP contribution in [0.15, 0.2) is 42.5 Å². The molecule has 0 atom stereocenters. The molecule has 3 rings (SSSR count). The van der Waals surface area contributed by atoms with Crippen molar-refractivity contribution in [3.8, 4) is 0 Å². The summed E-state index contributed by atoms with van der Waals surface area (Å²) in [5, 5.41) is 8.52. The number of rotatable bonds is 6. The van der Waals surface area contributed by atoms with Gasteiger partial charge in [-0.1, -0.05) is 11.6 Å². The van der Waals surface area contributed by atoms with E-state index in [9.17, 15) is 14.0 Å². The molecule has 1 saturated carbocycles. The minimum absolute atomic E-state index is 0.0180. The quantitative estimate of drug-likeness (QED) is 0.731. The van der Waals surface area contributed by atoms with Crippen LogP contribution in [0, 0.1) is 11.7 Å². The Morgan fingerprint density at radius 3 is 2.36 bits per heavy atom. The van der Waals surface area contributed by atoms with Crippen LogP contribution in [0.3, 0.4) is 0 Å². The van der Waals surface area contributed by atoms with E-state index in [2.05, 4.69) is 16.0 Å². The zero-order valence-electron chi connectivity index (χ0n) is 13.3. The fraction of sp³-hybridized carbons (Fsp3) is 0.222. The van der Waals surface area contributed by atoms with Crippen LogP contribution < -0.4 is 16.0 Å². The molecule has 3 N–H and O–H groups in total. The molecule has 0 heterocycles. The number of anilines is 3. The number of nitrogens with one attached hydrogen (secondary N) is 3. The highest BCUT2D eigenvalue weighted by atomic mass is 35.5. The van der Waals surface area contributed by atoms with Crippen molar-refractivity contribution in [2.75, 3.05) is 22.5 Å². The summed E-state index contributed by atoms with van der Waals surface area (Å²) in [7, 11) is 0. The van der Waals surface area contributed by atoms with E-state index >= 15 is 0 Å². The number of amides is 2. The SMILES string of the molecule is O=C(CNc1ccc(NC(=O)C2CC2)cc1)Nc1ccc(Cl)cc1F. The van der Waals surface area contributed by atoms with E-state index in [0.29, 0.717) is 0 Å². The van der Waals surface area contributed by atoms with Crippen LogP contribution in [0.5, 0.6) is 0 Å². The maximum absolute atomic E-state index is 13.6. The van der Waals surface area contributed by atoms with Crippen molar-refractivity contribution in [1.82, 2.24) is 0 Å². The summed E-state index contributed by atoms with van der Waals surface area (Å²) in [6, 6.07) is 11.1. The van der Waals surface area contributed by atoms with Crippen molar-refractivity contribution in [3.63, 3.8) is 0 Å². The zero-order valence-corrected chi connectivity index (χ0v) is 14.1. The van der Waals surface area contributed by atoms with Gasteiger partial charge in [0, 0.05) is 22.3 Å². The number of carbonyl (C=O) groups is 2. The Balaban J connectivity index is 1.49. The summed E-state index contributed by atoms with van der Waals surface area (Å²) in [6.45, 7) is -0.0180. The van der Waals surface area contributed by atoms with Gasteiger partial charge in [0.1, 0.15) is 5.82 Å². The van der Waals surface area contributed by atoms with Crippen LogP contribution in [0.2, 0.25) is 5.02 Å². The van der Waals surface area contributed by atoms with Gasteiger partial charge in [-0.3, -0.25) is 9.59 Å². The molecule has 0 aliphatic heterocycles.